The minimum Gasteiger partial charge on any atom is -0.394 e. The van der Waals surface area contributed by atoms with Gasteiger partial charge in [0.25, 0.3) is 0 Å². The van der Waals surface area contributed by atoms with Crippen LogP contribution in [0.4, 0.5) is 0 Å². The lowest BCUT2D eigenvalue weighted by Gasteiger charge is -2.22. The minimum atomic E-state index is -0.659. The monoisotopic (exact) mass is 742 g/mol. The molecule has 2 atom stereocenters. The van der Waals surface area contributed by atoms with Crippen molar-refractivity contribution >= 4 is 5.91 Å². The lowest BCUT2D eigenvalue weighted by Crippen LogP contribution is -2.45. The van der Waals surface area contributed by atoms with Gasteiger partial charge < -0.3 is 15.5 Å². The molecule has 0 heterocycles. The van der Waals surface area contributed by atoms with Crippen molar-refractivity contribution in [2.75, 3.05) is 6.61 Å². The summed E-state index contributed by atoms with van der Waals surface area (Å²) in [6.45, 7) is 4.25. The third-order valence-corrected chi connectivity index (χ3v) is 10.6. The van der Waals surface area contributed by atoms with Crippen LogP contribution in [0.25, 0.3) is 0 Å². The van der Waals surface area contributed by atoms with Crippen molar-refractivity contribution in [3.8, 4) is 0 Å². The first-order valence-electron chi connectivity index (χ1n) is 23.3. The first-order chi connectivity index (χ1) is 26.2. The Labute approximate surface area is 331 Å². The topological polar surface area (TPSA) is 69.6 Å². The van der Waals surface area contributed by atoms with Crippen molar-refractivity contribution in [2.24, 2.45) is 0 Å². The summed E-state index contributed by atoms with van der Waals surface area (Å²) in [4.78, 5) is 12.4. The first kappa shape index (κ1) is 51.4. The van der Waals surface area contributed by atoms with Crippen molar-refractivity contribution in [1.29, 1.82) is 0 Å². The number of hydrogen-bond acceptors (Lipinski definition) is 3. The predicted molar refractivity (Wildman–Crippen MR) is 235 cm³/mol. The molecule has 0 aromatic heterocycles. The van der Waals surface area contributed by atoms with Crippen LogP contribution >= 0.6 is 0 Å². The fourth-order valence-electron chi connectivity index (χ4n) is 7.06. The Morgan fingerprint density at radius 3 is 1.25 bits per heavy atom. The molecule has 0 bridgehead atoms. The van der Waals surface area contributed by atoms with Crippen molar-refractivity contribution in [1.82, 2.24) is 5.32 Å². The molecule has 0 saturated heterocycles. The van der Waals surface area contributed by atoms with Gasteiger partial charge in [0, 0.05) is 6.42 Å². The van der Waals surface area contributed by atoms with Crippen LogP contribution in [0.15, 0.2) is 48.6 Å². The second-order valence-corrected chi connectivity index (χ2v) is 15.8. The molecule has 3 N–H and O–H groups in total. The molecule has 4 heteroatoms. The quantitative estimate of drug-likeness (QED) is 0.0431. The Balaban J connectivity index is 3.48. The highest BCUT2D eigenvalue weighted by molar-refractivity contribution is 5.76. The lowest BCUT2D eigenvalue weighted by molar-refractivity contribution is -0.123. The molecule has 0 fully saturated rings. The largest absolute Gasteiger partial charge is 0.394 e. The van der Waals surface area contributed by atoms with E-state index in [-0.39, 0.29) is 12.5 Å². The number of amides is 1. The molecule has 0 aliphatic heterocycles. The number of hydrogen-bond donors (Lipinski definition) is 3. The molecule has 2 unspecified atom stereocenters. The Morgan fingerprint density at radius 1 is 0.472 bits per heavy atom. The maximum Gasteiger partial charge on any atom is 0.220 e. The zero-order valence-electron chi connectivity index (χ0n) is 35.5. The Hall–Kier alpha value is -1.65. The molecular formula is C49H91NO3. The molecule has 0 saturated carbocycles. The van der Waals surface area contributed by atoms with Crippen LogP contribution in [0, 0.1) is 0 Å². The number of allylic oxidation sites excluding steroid dienone is 8. The van der Waals surface area contributed by atoms with Crippen molar-refractivity contribution in [2.45, 2.75) is 251 Å². The van der Waals surface area contributed by atoms with E-state index >= 15 is 0 Å². The molecule has 4 nitrogen and oxygen atoms in total. The third kappa shape index (κ3) is 41.4. The molecule has 0 rings (SSSR count). The van der Waals surface area contributed by atoms with E-state index in [9.17, 15) is 15.0 Å². The van der Waals surface area contributed by atoms with Gasteiger partial charge in [-0.25, -0.2) is 0 Å². The normalized spacial score (nSPS) is 13.4. The maximum atomic E-state index is 12.4. The fourth-order valence-corrected chi connectivity index (χ4v) is 7.06. The van der Waals surface area contributed by atoms with Crippen LogP contribution < -0.4 is 5.32 Å². The van der Waals surface area contributed by atoms with Crippen LogP contribution in [-0.2, 0) is 4.79 Å². The number of unbranched alkanes of at least 4 members (excludes halogenated alkanes) is 27. The summed E-state index contributed by atoms with van der Waals surface area (Å²) in [6.07, 6.45) is 60.5. The molecule has 0 spiro atoms. The molecule has 53 heavy (non-hydrogen) atoms. The summed E-state index contributed by atoms with van der Waals surface area (Å²) < 4.78 is 0. The Morgan fingerprint density at radius 2 is 0.830 bits per heavy atom. The van der Waals surface area contributed by atoms with E-state index in [0.717, 1.165) is 51.4 Å². The van der Waals surface area contributed by atoms with E-state index in [1.54, 1.807) is 0 Å². The highest BCUT2D eigenvalue weighted by Gasteiger charge is 2.20. The molecule has 1 amide bonds. The van der Waals surface area contributed by atoms with Gasteiger partial charge in [0.15, 0.2) is 0 Å². The van der Waals surface area contributed by atoms with E-state index in [2.05, 4.69) is 67.8 Å². The molecular weight excluding hydrogens is 651 g/mol. The molecule has 0 radical (unpaired) electrons. The van der Waals surface area contributed by atoms with Gasteiger partial charge in [0.2, 0.25) is 5.91 Å². The molecule has 310 valence electrons. The number of rotatable bonds is 42. The standard InChI is InChI=1S/C49H91NO3/c1-3-5-7-9-11-13-15-17-19-20-21-22-23-24-25-26-27-28-29-30-31-33-35-37-39-41-43-45-49(53)50-47(46-51)48(52)44-42-40-38-36-34-32-18-16-14-12-10-8-6-4-2/h5,7,11,13,17,19,21-22,47-48,51-52H,3-4,6,8-10,12,14-16,18,20,23-46H2,1-2H3,(H,50,53)/b7-5-,13-11-,19-17-,22-21-. The van der Waals surface area contributed by atoms with Crippen molar-refractivity contribution in [3.05, 3.63) is 48.6 Å². The van der Waals surface area contributed by atoms with Crippen molar-refractivity contribution < 1.29 is 15.0 Å². The second-order valence-electron chi connectivity index (χ2n) is 15.8. The number of aliphatic hydroxyl groups excluding tert-OH is 2. The van der Waals surface area contributed by atoms with E-state index in [4.69, 9.17) is 0 Å². The van der Waals surface area contributed by atoms with Gasteiger partial charge in [-0.3, -0.25) is 4.79 Å². The molecule has 0 aliphatic carbocycles. The zero-order chi connectivity index (χ0) is 38.6. The number of aliphatic hydroxyl groups is 2. The van der Waals surface area contributed by atoms with Crippen LogP contribution in [0.5, 0.6) is 0 Å². The van der Waals surface area contributed by atoms with E-state index < -0.39 is 12.1 Å². The number of carbonyl (C=O) groups excluding carboxylic acids is 1. The van der Waals surface area contributed by atoms with Crippen LogP contribution in [0.2, 0.25) is 0 Å². The van der Waals surface area contributed by atoms with Gasteiger partial charge in [-0.15, -0.1) is 0 Å². The van der Waals surface area contributed by atoms with Gasteiger partial charge >= 0.3 is 0 Å². The van der Waals surface area contributed by atoms with Crippen LogP contribution in [0.3, 0.4) is 0 Å². The average Bonchev–Trinajstić information content (AvgIpc) is 3.16. The highest BCUT2D eigenvalue weighted by atomic mass is 16.3. The highest BCUT2D eigenvalue weighted by Crippen LogP contribution is 2.16. The van der Waals surface area contributed by atoms with Gasteiger partial charge in [-0.05, 0) is 51.4 Å². The van der Waals surface area contributed by atoms with Gasteiger partial charge in [-0.1, -0.05) is 229 Å². The zero-order valence-corrected chi connectivity index (χ0v) is 35.5. The predicted octanol–water partition coefficient (Wildman–Crippen LogP) is 14.7. The summed E-state index contributed by atoms with van der Waals surface area (Å²) in [5, 5.41) is 23.2. The molecule has 0 aromatic rings. The summed E-state index contributed by atoms with van der Waals surface area (Å²) in [5.41, 5.74) is 0. The van der Waals surface area contributed by atoms with E-state index in [1.165, 1.54) is 161 Å². The lowest BCUT2D eigenvalue weighted by atomic mass is 10.0. The smallest absolute Gasteiger partial charge is 0.220 e. The number of nitrogens with one attached hydrogen (secondary N) is 1. The summed E-state index contributed by atoms with van der Waals surface area (Å²) in [7, 11) is 0. The van der Waals surface area contributed by atoms with Crippen molar-refractivity contribution in [3.63, 3.8) is 0 Å². The fraction of sp³-hybridized carbons (Fsp3) is 0.816. The Bertz CT molecular complexity index is 847. The first-order valence-corrected chi connectivity index (χ1v) is 23.3. The second kappa shape index (κ2) is 44.7. The minimum absolute atomic E-state index is 0.0325. The summed E-state index contributed by atoms with van der Waals surface area (Å²) >= 11 is 0. The maximum absolute atomic E-state index is 12.4. The van der Waals surface area contributed by atoms with Crippen LogP contribution in [0.1, 0.15) is 239 Å². The Kier molecular flexibility index (Phi) is 43.4. The average molecular weight is 742 g/mol. The molecule has 0 aliphatic rings. The SMILES string of the molecule is CC/C=C\C/C=C\C/C=C\C/C=C\CCCCCCCCCCCCCCCCC(=O)NC(CO)C(O)CCCCCCCCCCCCCCCC. The van der Waals surface area contributed by atoms with E-state index in [1.807, 2.05) is 0 Å². The van der Waals surface area contributed by atoms with Crippen LogP contribution in [-0.4, -0.2) is 34.9 Å². The van der Waals surface area contributed by atoms with Gasteiger partial charge in [0.05, 0.1) is 18.8 Å². The van der Waals surface area contributed by atoms with Gasteiger partial charge in [0.1, 0.15) is 0 Å². The summed E-state index contributed by atoms with van der Waals surface area (Å²) in [6, 6.07) is -0.536. The van der Waals surface area contributed by atoms with Gasteiger partial charge in [-0.2, -0.15) is 0 Å². The number of carbonyl (C=O) groups is 1. The third-order valence-electron chi connectivity index (χ3n) is 10.6. The van der Waals surface area contributed by atoms with E-state index in [0.29, 0.717) is 12.8 Å². The molecule has 0 aromatic carbocycles. The summed E-state index contributed by atoms with van der Waals surface area (Å²) in [5.74, 6) is -0.0325.